The van der Waals surface area contributed by atoms with Gasteiger partial charge in [0.1, 0.15) is 4.21 Å². The molecule has 0 aliphatic heterocycles. The Labute approximate surface area is 146 Å². The number of carbonyl (C=O) groups is 1. The molecule has 130 valence electrons. The van der Waals surface area contributed by atoms with E-state index in [1.165, 1.54) is 13.1 Å². The lowest BCUT2D eigenvalue weighted by atomic mass is 10.1. The molecule has 0 bridgehead atoms. The number of nitrogens with zero attached hydrogens (tertiary/aromatic N) is 2. The fourth-order valence-electron chi connectivity index (χ4n) is 2.32. The van der Waals surface area contributed by atoms with Crippen molar-refractivity contribution in [3.8, 4) is 0 Å². The minimum atomic E-state index is -3.76. The minimum Gasteiger partial charge on any atom is -0.346 e. The number of hydrogen-bond donors (Lipinski definition) is 2. The Bertz CT molecular complexity index is 1130. The van der Waals surface area contributed by atoms with Crippen LogP contribution in [0.5, 0.6) is 0 Å². The Morgan fingerprint density at radius 1 is 1.24 bits per heavy atom. The summed E-state index contributed by atoms with van der Waals surface area (Å²) in [4.78, 5) is 25.2. The molecular weight excluding hydrogens is 364 g/mol. The largest absolute Gasteiger partial charge is 0.346 e. The Hall–Kier alpha value is -2.56. The SMILES string of the molecule is Cn1nc(C(=O)NCc2ccc(S(N)(=O)=O)s2)c2ccccc2c1=O. The number of carbonyl (C=O) groups excluding carboxylic acids is 1. The van der Waals surface area contributed by atoms with Crippen molar-refractivity contribution in [1.82, 2.24) is 15.1 Å². The summed E-state index contributed by atoms with van der Waals surface area (Å²) in [6.45, 7) is 0.123. The van der Waals surface area contributed by atoms with Gasteiger partial charge in [0, 0.05) is 17.3 Å². The number of aryl methyl sites for hydroxylation is 1. The fourth-order valence-corrected chi connectivity index (χ4v) is 4.04. The third-order valence-electron chi connectivity index (χ3n) is 3.51. The van der Waals surface area contributed by atoms with Gasteiger partial charge in [0.2, 0.25) is 10.0 Å². The van der Waals surface area contributed by atoms with Crippen molar-refractivity contribution >= 4 is 38.0 Å². The summed E-state index contributed by atoms with van der Waals surface area (Å²) in [5.41, 5.74) is -0.163. The highest BCUT2D eigenvalue weighted by Gasteiger charge is 2.16. The number of benzene rings is 1. The van der Waals surface area contributed by atoms with E-state index in [0.29, 0.717) is 15.6 Å². The van der Waals surface area contributed by atoms with E-state index < -0.39 is 15.9 Å². The van der Waals surface area contributed by atoms with E-state index in [9.17, 15) is 18.0 Å². The summed E-state index contributed by atoms with van der Waals surface area (Å²) in [7, 11) is -2.28. The van der Waals surface area contributed by atoms with Crippen LogP contribution in [-0.2, 0) is 23.6 Å². The van der Waals surface area contributed by atoms with Crippen LogP contribution in [-0.4, -0.2) is 24.1 Å². The molecule has 2 aromatic heterocycles. The van der Waals surface area contributed by atoms with Crippen LogP contribution in [0.4, 0.5) is 0 Å². The second-order valence-corrected chi connectivity index (χ2v) is 8.23. The third-order valence-corrected chi connectivity index (χ3v) is 6.04. The molecule has 0 aliphatic carbocycles. The standard InChI is InChI=1S/C15H14N4O4S2/c1-19-15(21)11-5-3-2-4-10(11)13(18-19)14(20)17-8-9-6-7-12(24-9)25(16,22)23/h2-7H,8H2,1H3,(H,17,20)(H2,16,22,23). The summed E-state index contributed by atoms with van der Waals surface area (Å²) in [5, 5.41) is 12.6. The van der Waals surface area contributed by atoms with Gasteiger partial charge in [-0.2, -0.15) is 5.10 Å². The molecule has 0 atom stereocenters. The van der Waals surface area contributed by atoms with E-state index in [4.69, 9.17) is 5.14 Å². The molecule has 0 fully saturated rings. The number of sulfonamides is 1. The van der Waals surface area contributed by atoms with Gasteiger partial charge in [-0.1, -0.05) is 18.2 Å². The van der Waals surface area contributed by atoms with Crippen molar-refractivity contribution in [2.24, 2.45) is 12.2 Å². The normalized spacial score (nSPS) is 11.6. The maximum atomic E-state index is 12.5. The van der Waals surface area contributed by atoms with E-state index in [2.05, 4.69) is 10.4 Å². The first-order chi connectivity index (χ1) is 11.8. The van der Waals surface area contributed by atoms with Gasteiger partial charge in [-0.3, -0.25) is 9.59 Å². The average Bonchev–Trinajstić information content (AvgIpc) is 3.05. The van der Waals surface area contributed by atoms with Crippen molar-refractivity contribution in [3.05, 3.63) is 57.3 Å². The summed E-state index contributed by atoms with van der Waals surface area (Å²) in [5.74, 6) is -0.461. The Kier molecular flexibility index (Phi) is 4.41. The molecule has 0 radical (unpaired) electrons. The van der Waals surface area contributed by atoms with Gasteiger partial charge in [-0.05, 0) is 18.2 Å². The lowest BCUT2D eigenvalue weighted by Gasteiger charge is -2.08. The Morgan fingerprint density at radius 3 is 2.56 bits per heavy atom. The predicted molar refractivity (Wildman–Crippen MR) is 93.8 cm³/mol. The van der Waals surface area contributed by atoms with Crippen LogP contribution < -0.4 is 16.0 Å². The van der Waals surface area contributed by atoms with E-state index in [-0.39, 0.29) is 22.0 Å². The van der Waals surface area contributed by atoms with Crippen molar-refractivity contribution in [2.75, 3.05) is 0 Å². The van der Waals surface area contributed by atoms with Crippen LogP contribution in [0.2, 0.25) is 0 Å². The Balaban J connectivity index is 1.87. The van der Waals surface area contributed by atoms with Gasteiger partial charge in [0.15, 0.2) is 5.69 Å². The summed E-state index contributed by atoms with van der Waals surface area (Å²) in [6, 6.07) is 9.69. The lowest BCUT2D eigenvalue weighted by Crippen LogP contribution is -2.29. The van der Waals surface area contributed by atoms with Gasteiger partial charge >= 0.3 is 0 Å². The molecule has 3 N–H and O–H groups in total. The number of primary sulfonamides is 1. The number of nitrogens with one attached hydrogen (secondary N) is 1. The fraction of sp³-hybridized carbons (Fsp3) is 0.133. The number of thiophene rings is 1. The molecule has 1 amide bonds. The Morgan fingerprint density at radius 2 is 1.92 bits per heavy atom. The summed E-state index contributed by atoms with van der Waals surface area (Å²) < 4.78 is 23.7. The number of aromatic nitrogens is 2. The summed E-state index contributed by atoms with van der Waals surface area (Å²) >= 11 is 0.983. The zero-order valence-electron chi connectivity index (χ0n) is 13.1. The highest BCUT2D eigenvalue weighted by molar-refractivity contribution is 7.91. The van der Waals surface area contributed by atoms with Gasteiger partial charge in [0.05, 0.1) is 11.9 Å². The zero-order valence-corrected chi connectivity index (χ0v) is 14.7. The maximum Gasteiger partial charge on any atom is 0.274 e. The molecule has 0 spiro atoms. The van der Waals surface area contributed by atoms with Crippen molar-refractivity contribution < 1.29 is 13.2 Å². The first-order valence-electron chi connectivity index (χ1n) is 7.13. The molecule has 3 aromatic rings. The molecule has 1 aromatic carbocycles. The highest BCUT2D eigenvalue weighted by atomic mass is 32.2. The quantitative estimate of drug-likeness (QED) is 0.687. The number of rotatable bonds is 4. The molecule has 0 unspecified atom stereocenters. The van der Waals surface area contributed by atoms with Gasteiger partial charge in [-0.25, -0.2) is 18.2 Å². The number of amides is 1. The first-order valence-corrected chi connectivity index (χ1v) is 9.49. The topological polar surface area (TPSA) is 124 Å². The van der Waals surface area contributed by atoms with Crippen LogP contribution in [0.1, 0.15) is 15.4 Å². The molecule has 3 rings (SSSR count). The molecule has 0 saturated carbocycles. The zero-order chi connectivity index (χ0) is 18.2. The van der Waals surface area contributed by atoms with Gasteiger partial charge in [0.25, 0.3) is 11.5 Å². The molecule has 10 heteroatoms. The molecule has 25 heavy (non-hydrogen) atoms. The van der Waals surface area contributed by atoms with E-state index >= 15 is 0 Å². The van der Waals surface area contributed by atoms with Crippen molar-refractivity contribution in [2.45, 2.75) is 10.8 Å². The number of nitrogens with two attached hydrogens (primary N) is 1. The number of fused-ring (bicyclic) bond motifs is 1. The summed E-state index contributed by atoms with van der Waals surface area (Å²) in [6.07, 6.45) is 0. The van der Waals surface area contributed by atoms with E-state index in [1.807, 2.05) is 0 Å². The van der Waals surface area contributed by atoms with Crippen LogP contribution in [0, 0.1) is 0 Å². The minimum absolute atomic E-state index is 0.0300. The van der Waals surface area contributed by atoms with E-state index in [1.54, 1.807) is 30.3 Å². The van der Waals surface area contributed by atoms with Gasteiger partial charge < -0.3 is 5.32 Å². The second-order valence-electron chi connectivity index (χ2n) is 5.27. The first kappa shape index (κ1) is 17.3. The predicted octanol–water partition coefficient (Wildman–Crippen LogP) is 0.572. The van der Waals surface area contributed by atoms with Crippen LogP contribution in [0.15, 0.2) is 45.4 Å². The van der Waals surface area contributed by atoms with E-state index in [0.717, 1.165) is 16.0 Å². The van der Waals surface area contributed by atoms with Crippen LogP contribution in [0.3, 0.4) is 0 Å². The van der Waals surface area contributed by atoms with Crippen molar-refractivity contribution in [1.29, 1.82) is 0 Å². The third kappa shape index (κ3) is 3.45. The molecule has 0 saturated heterocycles. The maximum absolute atomic E-state index is 12.5. The van der Waals surface area contributed by atoms with Crippen LogP contribution in [0.25, 0.3) is 10.8 Å². The average molecular weight is 378 g/mol. The van der Waals surface area contributed by atoms with Gasteiger partial charge in [-0.15, -0.1) is 11.3 Å². The second kappa shape index (κ2) is 6.39. The smallest absolute Gasteiger partial charge is 0.274 e. The lowest BCUT2D eigenvalue weighted by molar-refractivity contribution is 0.0946. The molecule has 0 aliphatic rings. The van der Waals surface area contributed by atoms with Crippen LogP contribution >= 0.6 is 11.3 Å². The molecule has 8 nitrogen and oxygen atoms in total. The molecular formula is C15H14N4O4S2. The highest BCUT2D eigenvalue weighted by Crippen LogP contribution is 2.20. The molecule has 2 heterocycles. The van der Waals surface area contributed by atoms with Crippen molar-refractivity contribution in [3.63, 3.8) is 0 Å². The monoisotopic (exact) mass is 378 g/mol. The number of hydrogen-bond acceptors (Lipinski definition) is 6.